The molecule has 2 heterocycles. The molecule has 1 saturated heterocycles. The van der Waals surface area contributed by atoms with Gasteiger partial charge in [0.2, 0.25) is 5.91 Å². The van der Waals surface area contributed by atoms with Crippen LogP contribution in [0.5, 0.6) is 0 Å². The van der Waals surface area contributed by atoms with Gasteiger partial charge in [0.15, 0.2) is 0 Å². The van der Waals surface area contributed by atoms with Crippen LogP contribution in [-0.4, -0.2) is 47.7 Å². The minimum atomic E-state index is 0.163. The Hall–Kier alpha value is -1.32. The van der Waals surface area contributed by atoms with E-state index in [1.165, 1.54) is 11.3 Å². The van der Waals surface area contributed by atoms with Gasteiger partial charge in [-0.05, 0) is 26.3 Å². The van der Waals surface area contributed by atoms with E-state index in [1.54, 1.807) is 4.90 Å². The maximum Gasteiger partial charge on any atom is 0.242 e. The lowest BCUT2D eigenvalue weighted by atomic mass is 10.0. The zero-order valence-corrected chi connectivity index (χ0v) is 9.74. The van der Waals surface area contributed by atoms with Crippen LogP contribution in [0.15, 0.2) is 16.3 Å². The summed E-state index contributed by atoms with van der Waals surface area (Å²) in [6.45, 7) is 7.32. The molecule has 0 aromatic heterocycles. The van der Waals surface area contributed by atoms with Crippen LogP contribution < -0.4 is 0 Å². The Labute approximate surface area is 90.3 Å². The Bertz CT molecular complexity index is 370. The highest BCUT2D eigenvalue weighted by Gasteiger charge is 2.31. The fourth-order valence-corrected chi connectivity index (χ4v) is 2.08. The van der Waals surface area contributed by atoms with Gasteiger partial charge in [-0.3, -0.25) is 9.79 Å². The number of fused-ring (bicyclic) bond motifs is 1. The van der Waals surface area contributed by atoms with Crippen LogP contribution in [0.4, 0.5) is 0 Å². The van der Waals surface area contributed by atoms with Gasteiger partial charge in [-0.1, -0.05) is 0 Å². The first-order valence-corrected chi connectivity index (χ1v) is 5.26. The predicted octanol–water partition coefficient (Wildman–Crippen LogP) is 0.855. The molecule has 2 aliphatic rings. The second kappa shape index (κ2) is 3.36. The topological polar surface area (TPSA) is 35.9 Å². The number of likely N-dealkylation sites (N-methyl/N-ethyl adjacent to an activating group) is 1. The number of carbonyl (C=O) groups is 1. The third kappa shape index (κ3) is 1.54. The first kappa shape index (κ1) is 10.2. The molecule has 2 aliphatic heterocycles. The molecule has 1 atom stereocenters. The number of piperazine rings is 1. The molecule has 2 rings (SSSR count). The lowest BCUT2D eigenvalue weighted by Gasteiger charge is -2.40. The molecule has 0 spiro atoms. The number of rotatable bonds is 0. The van der Waals surface area contributed by atoms with Crippen LogP contribution in [0.25, 0.3) is 0 Å². The number of carbonyl (C=O) groups excluding carboxylic acids is 1. The van der Waals surface area contributed by atoms with Crippen molar-refractivity contribution in [3.8, 4) is 0 Å². The minimum absolute atomic E-state index is 0.163. The van der Waals surface area contributed by atoms with Crippen LogP contribution in [0.2, 0.25) is 0 Å². The second-order valence-corrected chi connectivity index (χ2v) is 4.32. The monoisotopic (exact) mass is 207 g/mol. The molecule has 0 aromatic rings. The molecule has 0 aromatic carbocycles. The average molecular weight is 207 g/mol. The lowest BCUT2D eigenvalue weighted by Crippen LogP contribution is -2.51. The molecule has 0 saturated carbocycles. The lowest BCUT2D eigenvalue weighted by molar-refractivity contribution is -0.131. The highest BCUT2D eigenvalue weighted by Crippen LogP contribution is 2.25. The Balaban J connectivity index is 2.37. The third-order valence-electron chi connectivity index (χ3n) is 3.28. The van der Waals surface area contributed by atoms with Crippen molar-refractivity contribution < 1.29 is 4.79 Å². The summed E-state index contributed by atoms with van der Waals surface area (Å²) < 4.78 is 0. The van der Waals surface area contributed by atoms with Gasteiger partial charge < -0.3 is 9.80 Å². The first-order chi connectivity index (χ1) is 7.00. The van der Waals surface area contributed by atoms with E-state index in [4.69, 9.17) is 0 Å². The summed E-state index contributed by atoms with van der Waals surface area (Å²) in [6, 6.07) is 0.248. The molecule has 1 fully saturated rings. The zero-order chi connectivity index (χ0) is 11.2. The smallest absolute Gasteiger partial charge is 0.242 e. The van der Waals surface area contributed by atoms with E-state index in [9.17, 15) is 4.79 Å². The SMILES string of the molecule is CC1=NC(C)C(C)=C2CN(C)C(=O)CN12. The van der Waals surface area contributed by atoms with Gasteiger partial charge in [0.25, 0.3) is 0 Å². The standard InChI is InChI=1S/C11H17N3O/c1-7-8(2)12-9(3)14-6-11(15)13(4)5-10(7)14/h8H,5-6H2,1-4H3. The molecule has 4 nitrogen and oxygen atoms in total. The summed E-state index contributed by atoms with van der Waals surface area (Å²) in [5.74, 6) is 1.13. The van der Waals surface area contributed by atoms with E-state index in [-0.39, 0.29) is 11.9 Å². The highest BCUT2D eigenvalue weighted by atomic mass is 16.2. The Morgan fingerprint density at radius 3 is 2.67 bits per heavy atom. The Morgan fingerprint density at radius 1 is 1.33 bits per heavy atom. The number of hydrogen-bond donors (Lipinski definition) is 0. The van der Waals surface area contributed by atoms with Crippen LogP contribution in [0.1, 0.15) is 20.8 Å². The van der Waals surface area contributed by atoms with E-state index in [0.717, 1.165) is 5.84 Å². The maximum absolute atomic E-state index is 11.6. The molecule has 4 heteroatoms. The molecule has 0 N–H and O–H groups in total. The van der Waals surface area contributed by atoms with Gasteiger partial charge in [0.1, 0.15) is 12.4 Å². The average Bonchev–Trinajstić information content (AvgIpc) is 2.18. The van der Waals surface area contributed by atoms with Gasteiger partial charge in [0.05, 0.1) is 12.6 Å². The molecule has 0 aliphatic carbocycles. The second-order valence-electron chi connectivity index (χ2n) is 4.32. The van der Waals surface area contributed by atoms with Crippen molar-refractivity contribution in [1.29, 1.82) is 0 Å². The molecule has 1 amide bonds. The van der Waals surface area contributed by atoms with Gasteiger partial charge in [-0.15, -0.1) is 0 Å². The van der Waals surface area contributed by atoms with E-state index in [2.05, 4.69) is 18.8 Å². The summed E-state index contributed by atoms with van der Waals surface area (Å²) >= 11 is 0. The van der Waals surface area contributed by atoms with Crippen molar-refractivity contribution in [2.24, 2.45) is 4.99 Å². The van der Waals surface area contributed by atoms with E-state index >= 15 is 0 Å². The Morgan fingerprint density at radius 2 is 2.00 bits per heavy atom. The molecule has 0 radical (unpaired) electrons. The van der Waals surface area contributed by atoms with Crippen molar-refractivity contribution in [2.45, 2.75) is 26.8 Å². The van der Waals surface area contributed by atoms with E-state index < -0.39 is 0 Å². The Kier molecular flexibility index (Phi) is 2.29. The summed E-state index contributed by atoms with van der Waals surface area (Å²) in [5.41, 5.74) is 2.53. The number of hydrogen-bond acceptors (Lipinski definition) is 3. The minimum Gasteiger partial charge on any atom is -0.338 e. The third-order valence-corrected chi connectivity index (χ3v) is 3.28. The van der Waals surface area contributed by atoms with Crippen LogP contribution in [0.3, 0.4) is 0 Å². The van der Waals surface area contributed by atoms with Gasteiger partial charge in [0, 0.05) is 12.7 Å². The zero-order valence-electron chi connectivity index (χ0n) is 9.74. The largest absolute Gasteiger partial charge is 0.338 e. The van der Waals surface area contributed by atoms with E-state index in [0.29, 0.717) is 13.1 Å². The molecule has 1 unspecified atom stereocenters. The van der Waals surface area contributed by atoms with E-state index in [1.807, 2.05) is 18.9 Å². The normalized spacial score (nSPS) is 26.8. The van der Waals surface area contributed by atoms with Gasteiger partial charge in [-0.2, -0.15) is 0 Å². The van der Waals surface area contributed by atoms with Gasteiger partial charge in [-0.25, -0.2) is 0 Å². The number of amides is 1. The maximum atomic E-state index is 11.6. The van der Waals surface area contributed by atoms with Gasteiger partial charge >= 0.3 is 0 Å². The van der Waals surface area contributed by atoms with Crippen LogP contribution in [0, 0.1) is 0 Å². The van der Waals surface area contributed by atoms with Crippen molar-refractivity contribution in [2.75, 3.05) is 20.1 Å². The quantitative estimate of drug-likeness (QED) is 0.590. The molecule has 0 bridgehead atoms. The van der Waals surface area contributed by atoms with Crippen molar-refractivity contribution >= 4 is 11.7 Å². The van der Waals surface area contributed by atoms with Crippen LogP contribution in [-0.2, 0) is 4.79 Å². The highest BCUT2D eigenvalue weighted by molar-refractivity contribution is 5.90. The fraction of sp³-hybridized carbons (Fsp3) is 0.636. The first-order valence-electron chi connectivity index (χ1n) is 5.26. The summed E-state index contributed by atoms with van der Waals surface area (Å²) in [4.78, 5) is 19.9. The molecular weight excluding hydrogens is 190 g/mol. The molecule has 15 heavy (non-hydrogen) atoms. The van der Waals surface area contributed by atoms with Crippen LogP contribution >= 0.6 is 0 Å². The number of amidine groups is 1. The summed E-state index contributed by atoms with van der Waals surface area (Å²) in [7, 11) is 1.85. The van der Waals surface area contributed by atoms with Crippen molar-refractivity contribution in [1.82, 2.24) is 9.80 Å². The molecule has 82 valence electrons. The van der Waals surface area contributed by atoms with Crippen molar-refractivity contribution in [3.05, 3.63) is 11.3 Å². The summed E-state index contributed by atoms with van der Waals surface area (Å²) in [6.07, 6.45) is 0. The fourth-order valence-electron chi connectivity index (χ4n) is 2.08. The predicted molar refractivity (Wildman–Crippen MR) is 59.6 cm³/mol. The summed E-state index contributed by atoms with van der Waals surface area (Å²) in [5, 5.41) is 0. The number of nitrogens with zero attached hydrogens (tertiary/aromatic N) is 3. The van der Waals surface area contributed by atoms with Crippen molar-refractivity contribution in [3.63, 3.8) is 0 Å². The number of aliphatic imine (C=N–C) groups is 1. The molecular formula is C11H17N3O.